The van der Waals surface area contributed by atoms with Gasteiger partial charge in [0.25, 0.3) is 5.91 Å². The van der Waals surface area contributed by atoms with Crippen molar-refractivity contribution >= 4 is 22.8 Å². The fraction of sp³-hybridized carbons (Fsp3) is 0.250. The summed E-state index contributed by atoms with van der Waals surface area (Å²) in [6, 6.07) is 4.18. The number of carboxylic acid groups (broad SMARTS) is 1. The van der Waals surface area contributed by atoms with Crippen molar-refractivity contribution in [1.82, 2.24) is 15.5 Å². The van der Waals surface area contributed by atoms with Crippen LogP contribution in [-0.2, 0) is 4.79 Å². The molecule has 6 nitrogen and oxygen atoms in total. The number of aromatic nitrogens is 2. The minimum Gasteiger partial charge on any atom is -0.480 e. The first-order valence-electron chi connectivity index (χ1n) is 5.58. The van der Waals surface area contributed by atoms with Crippen LogP contribution in [0.3, 0.4) is 0 Å². The number of aliphatic carboxylic acids is 1. The van der Waals surface area contributed by atoms with Gasteiger partial charge in [-0.15, -0.1) is 0 Å². The number of amides is 1. The van der Waals surface area contributed by atoms with Crippen molar-refractivity contribution in [1.29, 1.82) is 0 Å². The second-order valence-corrected chi connectivity index (χ2v) is 3.94. The molecule has 0 aliphatic heterocycles. The summed E-state index contributed by atoms with van der Waals surface area (Å²) in [6.45, 7) is 1.71. The van der Waals surface area contributed by atoms with Gasteiger partial charge in [0.05, 0.1) is 11.7 Å². The number of nitrogens with one attached hydrogen (secondary N) is 2. The van der Waals surface area contributed by atoms with Gasteiger partial charge in [-0.05, 0) is 18.6 Å². The summed E-state index contributed by atoms with van der Waals surface area (Å²) in [5.74, 6) is -1.44. The first-order valence-corrected chi connectivity index (χ1v) is 5.58. The molecule has 0 aliphatic rings. The van der Waals surface area contributed by atoms with Gasteiger partial charge in [0.2, 0.25) is 0 Å². The third-order valence-electron chi connectivity index (χ3n) is 2.72. The van der Waals surface area contributed by atoms with E-state index in [4.69, 9.17) is 5.11 Å². The molecule has 0 radical (unpaired) electrons. The van der Waals surface area contributed by atoms with E-state index in [1.165, 1.54) is 0 Å². The molecule has 2 rings (SSSR count). The largest absolute Gasteiger partial charge is 0.480 e. The van der Waals surface area contributed by atoms with Crippen LogP contribution in [-0.4, -0.2) is 33.2 Å². The topological polar surface area (TPSA) is 95.1 Å². The average molecular weight is 247 g/mol. The van der Waals surface area contributed by atoms with Gasteiger partial charge in [0.1, 0.15) is 6.04 Å². The summed E-state index contributed by atoms with van der Waals surface area (Å²) >= 11 is 0. The van der Waals surface area contributed by atoms with E-state index >= 15 is 0 Å². The van der Waals surface area contributed by atoms with Crippen LogP contribution in [0.2, 0.25) is 0 Å². The number of rotatable bonds is 4. The van der Waals surface area contributed by atoms with Gasteiger partial charge in [-0.3, -0.25) is 9.89 Å². The van der Waals surface area contributed by atoms with Crippen LogP contribution in [0, 0.1) is 0 Å². The summed E-state index contributed by atoms with van der Waals surface area (Å²) in [5, 5.41) is 18.9. The number of benzene rings is 1. The number of H-pyrrole nitrogens is 1. The maximum atomic E-state index is 11.9. The maximum absolute atomic E-state index is 11.9. The molecule has 94 valence electrons. The van der Waals surface area contributed by atoms with E-state index in [2.05, 4.69) is 15.5 Å². The molecule has 0 aliphatic carbocycles. The molecule has 2 aromatic rings. The Morgan fingerprint density at radius 2 is 2.28 bits per heavy atom. The average Bonchev–Trinajstić information content (AvgIpc) is 2.82. The Bertz CT molecular complexity index is 591. The second-order valence-electron chi connectivity index (χ2n) is 3.94. The molecule has 1 aromatic heterocycles. The Morgan fingerprint density at radius 1 is 1.50 bits per heavy atom. The standard InChI is InChI=1S/C12H13N3O3/c1-2-9(12(17)18)14-11(16)7-3-4-8-6-13-15-10(8)5-7/h3-6,9H,2H2,1H3,(H,13,15)(H,14,16)(H,17,18)/t9-/m1/s1. The van der Waals surface area contributed by atoms with Crippen LogP contribution < -0.4 is 5.32 Å². The molecule has 18 heavy (non-hydrogen) atoms. The normalized spacial score (nSPS) is 12.3. The third-order valence-corrected chi connectivity index (χ3v) is 2.72. The van der Waals surface area contributed by atoms with Gasteiger partial charge < -0.3 is 10.4 Å². The lowest BCUT2D eigenvalue weighted by atomic mass is 10.1. The van der Waals surface area contributed by atoms with Crippen molar-refractivity contribution in [3.63, 3.8) is 0 Å². The Hall–Kier alpha value is -2.37. The zero-order valence-electron chi connectivity index (χ0n) is 9.80. The zero-order chi connectivity index (χ0) is 13.1. The van der Waals surface area contributed by atoms with E-state index in [1.54, 1.807) is 31.3 Å². The highest BCUT2D eigenvalue weighted by atomic mass is 16.4. The molecular weight excluding hydrogens is 234 g/mol. The fourth-order valence-corrected chi connectivity index (χ4v) is 1.66. The Labute approximate surface area is 103 Å². The summed E-state index contributed by atoms with van der Waals surface area (Å²) in [6.07, 6.45) is 2.00. The predicted molar refractivity (Wildman–Crippen MR) is 65.3 cm³/mol. The van der Waals surface area contributed by atoms with Crippen molar-refractivity contribution in [3.05, 3.63) is 30.0 Å². The molecule has 1 heterocycles. The van der Waals surface area contributed by atoms with Crippen molar-refractivity contribution in [2.75, 3.05) is 0 Å². The first kappa shape index (κ1) is 12.1. The Morgan fingerprint density at radius 3 is 2.94 bits per heavy atom. The van der Waals surface area contributed by atoms with Crippen LogP contribution in [0.25, 0.3) is 10.9 Å². The van der Waals surface area contributed by atoms with Crippen molar-refractivity contribution < 1.29 is 14.7 Å². The predicted octanol–water partition coefficient (Wildman–Crippen LogP) is 1.16. The molecule has 0 bridgehead atoms. The molecular formula is C12H13N3O3. The summed E-state index contributed by atoms with van der Waals surface area (Å²) in [5.41, 5.74) is 1.15. The highest BCUT2D eigenvalue weighted by Crippen LogP contribution is 2.12. The van der Waals surface area contributed by atoms with Crippen LogP contribution in [0.15, 0.2) is 24.4 Å². The monoisotopic (exact) mass is 247 g/mol. The van der Waals surface area contributed by atoms with E-state index in [9.17, 15) is 9.59 Å². The molecule has 0 saturated carbocycles. The van der Waals surface area contributed by atoms with Crippen LogP contribution in [0.1, 0.15) is 23.7 Å². The molecule has 0 saturated heterocycles. The molecule has 1 atom stereocenters. The van der Waals surface area contributed by atoms with Crippen molar-refractivity contribution in [2.45, 2.75) is 19.4 Å². The smallest absolute Gasteiger partial charge is 0.326 e. The lowest BCUT2D eigenvalue weighted by Crippen LogP contribution is -2.40. The van der Waals surface area contributed by atoms with E-state index in [-0.39, 0.29) is 0 Å². The molecule has 3 N–H and O–H groups in total. The number of aromatic amines is 1. The lowest BCUT2D eigenvalue weighted by Gasteiger charge is -2.12. The van der Waals surface area contributed by atoms with Gasteiger partial charge in [-0.2, -0.15) is 5.10 Å². The van der Waals surface area contributed by atoms with Gasteiger partial charge >= 0.3 is 5.97 Å². The van der Waals surface area contributed by atoms with E-state index in [1.807, 2.05) is 0 Å². The Kier molecular flexibility index (Phi) is 3.27. The maximum Gasteiger partial charge on any atom is 0.326 e. The van der Waals surface area contributed by atoms with Crippen LogP contribution in [0.5, 0.6) is 0 Å². The zero-order valence-corrected chi connectivity index (χ0v) is 9.80. The molecule has 6 heteroatoms. The fourth-order valence-electron chi connectivity index (χ4n) is 1.66. The number of carbonyl (C=O) groups excluding carboxylic acids is 1. The first-order chi connectivity index (χ1) is 8.61. The summed E-state index contributed by atoms with van der Waals surface area (Å²) < 4.78 is 0. The van der Waals surface area contributed by atoms with Crippen LogP contribution in [0.4, 0.5) is 0 Å². The quantitative estimate of drug-likeness (QED) is 0.755. The molecule has 1 aromatic carbocycles. The molecule has 0 unspecified atom stereocenters. The van der Waals surface area contributed by atoms with Gasteiger partial charge in [-0.1, -0.05) is 13.0 Å². The number of carbonyl (C=O) groups is 2. The van der Waals surface area contributed by atoms with Crippen LogP contribution >= 0.6 is 0 Å². The number of carboxylic acids is 1. The lowest BCUT2D eigenvalue weighted by molar-refractivity contribution is -0.139. The number of fused-ring (bicyclic) bond motifs is 1. The second kappa shape index (κ2) is 4.87. The number of hydrogen-bond acceptors (Lipinski definition) is 3. The minimum atomic E-state index is -1.03. The van der Waals surface area contributed by atoms with Gasteiger partial charge in [-0.25, -0.2) is 4.79 Å². The highest BCUT2D eigenvalue weighted by Gasteiger charge is 2.18. The summed E-state index contributed by atoms with van der Waals surface area (Å²) in [7, 11) is 0. The van der Waals surface area contributed by atoms with Gasteiger partial charge in [0, 0.05) is 10.9 Å². The number of nitrogens with zero attached hydrogens (tertiary/aromatic N) is 1. The highest BCUT2D eigenvalue weighted by molar-refractivity contribution is 5.99. The minimum absolute atomic E-state index is 0.341. The van der Waals surface area contributed by atoms with E-state index in [0.29, 0.717) is 12.0 Å². The summed E-state index contributed by atoms with van der Waals surface area (Å²) in [4.78, 5) is 22.7. The van der Waals surface area contributed by atoms with E-state index < -0.39 is 17.9 Å². The number of hydrogen-bond donors (Lipinski definition) is 3. The molecule has 0 fully saturated rings. The van der Waals surface area contributed by atoms with Crippen molar-refractivity contribution in [3.8, 4) is 0 Å². The van der Waals surface area contributed by atoms with Crippen molar-refractivity contribution in [2.24, 2.45) is 0 Å². The van der Waals surface area contributed by atoms with E-state index in [0.717, 1.165) is 10.9 Å². The SMILES string of the molecule is CC[C@@H](NC(=O)c1ccc2cn[nH]c2c1)C(=O)O. The molecule has 1 amide bonds. The Balaban J connectivity index is 2.19. The molecule has 0 spiro atoms. The van der Waals surface area contributed by atoms with Gasteiger partial charge in [0.15, 0.2) is 0 Å². The third kappa shape index (κ3) is 2.32.